The molecule has 0 aromatic heterocycles. The first-order valence-electron chi connectivity index (χ1n) is 3.92. The van der Waals surface area contributed by atoms with E-state index in [0.717, 1.165) is 11.8 Å². The van der Waals surface area contributed by atoms with E-state index in [-0.39, 0.29) is 0 Å². The van der Waals surface area contributed by atoms with Crippen molar-refractivity contribution >= 4 is 21.9 Å². The van der Waals surface area contributed by atoms with Crippen LogP contribution in [0.15, 0.2) is 0 Å². The quantitative estimate of drug-likeness (QED) is 0.727. The van der Waals surface area contributed by atoms with E-state index in [1.807, 2.05) is 13.8 Å². The van der Waals surface area contributed by atoms with Crippen molar-refractivity contribution in [1.82, 2.24) is 0 Å². The highest BCUT2D eigenvalue weighted by molar-refractivity contribution is 9.09. The van der Waals surface area contributed by atoms with Crippen molar-refractivity contribution < 1.29 is 9.90 Å². The number of carboxylic acids is 1. The predicted molar refractivity (Wildman–Crippen MR) is 49.1 cm³/mol. The average Bonchev–Trinajstić information content (AvgIpc) is 2.00. The molecule has 66 valence electrons. The van der Waals surface area contributed by atoms with Crippen LogP contribution in [0.3, 0.4) is 0 Å². The van der Waals surface area contributed by atoms with Crippen LogP contribution in [0, 0.1) is 5.41 Å². The Bertz CT molecular complexity index is 130. The Balaban J connectivity index is 4.32. The predicted octanol–water partition coefficient (Wildman–Crippen LogP) is 2.66. The molecule has 0 atom stereocenters. The summed E-state index contributed by atoms with van der Waals surface area (Å²) in [5.74, 6) is -0.665. The highest BCUT2D eigenvalue weighted by atomic mass is 79.9. The van der Waals surface area contributed by atoms with Gasteiger partial charge >= 0.3 is 5.97 Å². The smallest absolute Gasteiger partial charge is 0.309 e. The third kappa shape index (κ3) is 2.47. The summed E-state index contributed by atoms with van der Waals surface area (Å²) in [5, 5.41) is 9.70. The van der Waals surface area contributed by atoms with Gasteiger partial charge in [0.05, 0.1) is 5.41 Å². The fourth-order valence-corrected chi connectivity index (χ4v) is 1.95. The van der Waals surface area contributed by atoms with Crippen molar-refractivity contribution in [2.45, 2.75) is 33.1 Å². The molecule has 11 heavy (non-hydrogen) atoms. The molecule has 0 aromatic carbocycles. The zero-order valence-corrected chi connectivity index (χ0v) is 8.65. The highest BCUT2D eigenvalue weighted by Crippen LogP contribution is 2.31. The lowest BCUT2D eigenvalue weighted by Gasteiger charge is -2.25. The van der Waals surface area contributed by atoms with Crippen LogP contribution in [0.4, 0.5) is 0 Å². The van der Waals surface area contributed by atoms with Crippen LogP contribution in [-0.4, -0.2) is 16.4 Å². The van der Waals surface area contributed by atoms with Gasteiger partial charge < -0.3 is 5.11 Å². The molecule has 0 unspecified atom stereocenters. The second-order valence-electron chi connectivity index (χ2n) is 2.73. The molecule has 0 aliphatic heterocycles. The van der Waals surface area contributed by atoms with Gasteiger partial charge in [0.25, 0.3) is 0 Å². The van der Waals surface area contributed by atoms with Gasteiger partial charge in [-0.15, -0.1) is 0 Å². The first-order chi connectivity index (χ1) is 5.13. The summed E-state index contributed by atoms with van der Waals surface area (Å²) in [6.07, 6.45) is 2.14. The van der Waals surface area contributed by atoms with Gasteiger partial charge in [0.15, 0.2) is 0 Å². The molecule has 0 spiro atoms. The number of rotatable bonds is 5. The largest absolute Gasteiger partial charge is 0.481 e. The Kier molecular flexibility index (Phi) is 4.73. The Morgan fingerprint density at radius 1 is 1.45 bits per heavy atom. The summed E-state index contributed by atoms with van der Waals surface area (Å²) in [7, 11) is 0. The first-order valence-corrected chi connectivity index (χ1v) is 5.04. The summed E-state index contributed by atoms with van der Waals surface area (Å²) in [5.41, 5.74) is -0.497. The molecule has 0 saturated carbocycles. The molecule has 0 fully saturated rings. The van der Waals surface area contributed by atoms with E-state index in [1.165, 1.54) is 0 Å². The topological polar surface area (TPSA) is 37.3 Å². The van der Waals surface area contributed by atoms with E-state index in [9.17, 15) is 4.79 Å². The Morgan fingerprint density at radius 2 is 1.91 bits per heavy atom. The molecule has 0 rings (SSSR count). The zero-order valence-electron chi connectivity index (χ0n) is 7.06. The highest BCUT2D eigenvalue weighted by Gasteiger charge is 2.33. The maximum atomic E-state index is 10.9. The van der Waals surface area contributed by atoms with Crippen LogP contribution in [0.1, 0.15) is 33.1 Å². The van der Waals surface area contributed by atoms with E-state index in [0.29, 0.717) is 12.8 Å². The summed E-state index contributed by atoms with van der Waals surface area (Å²) >= 11 is 3.27. The van der Waals surface area contributed by atoms with Crippen LogP contribution in [0.5, 0.6) is 0 Å². The van der Waals surface area contributed by atoms with Gasteiger partial charge in [-0.3, -0.25) is 4.79 Å². The zero-order chi connectivity index (χ0) is 8.91. The average molecular weight is 223 g/mol. The standard InChI is InChI=1S/C8H15BrO2/c1-3-8(4-2,5-6-9)7(10)11/h3-6H2,1-2H3,(H,10,11). The summed E-state index contributed by atoms with van der Waals surface area (Å²) < 4.78 is 0. The van der Waals surface area contributed by atoms with Crippen LogP contribution in [0.2, 0.25) is 0 Å². The normalized spacial score (nSPS) is 11.5. The fourth-order valence-electron chi connectivity index (χ4n) is 1.19. The van der Waals surface area contributed by atoms with Gasteiger partial charge in [-0.2, -0.15) is 0 Å². The minimum Gasteiger partial charge on any atom is -0.481 e. The molecule has 0 aliphatic rings. The monoisotopic (exact) mass is 222 g/mol. The van der Waals surface area contributed by atoms with Gasteiger partial charge in [0.2, 0.25) is 0 Å². The van der Waals surface area contributed by atoms with Gasteiger partial charge in [-0.25, -0.2) is 0 Å². The van der Waals surface area contributed by atoms with E-state index in [1.54, 1.807) is 0 Å². The first kappa shape index (κ1) is 11.0. The molecule has 3 heteroatoms. The van der Waals surface area contributed by atoms with E-state index in [4.69, 9.17) is 5.11 Å². The van der Waals surface area contributed by atoms with Crippen LogP contribution in [0.25, 0.3) is 0 Å². The van der Waals surface area contributed by atoms with Crippen molar-refractivity contribution in [2.75, 3.05) is 5.33 Å². The lowest BCUT2D eigenvalue weighted by molar-refractivity contribution is -0.149. The number of hydrogen-bond acceptors (Lipinski definition) is 1. The number of halogens is 1. The Morgan fingerprint density at radius 3 is 2.00 bits per heavy atom. The second kappa shape index (κ2) is 4.75. The molecular formula is C8H15BrO2. The number of hydrogen-bond donors (Lipinski definition) is 1. The molecular weight excluding hydrogens is 208 g/mol. The molecule has 0 saturated heterocycles. The molecule has 0 heterocycles. The molecule has 2 nitrogen and oxygen atoms in total. The molecule has 0 aromatic rings. The van der Waals surface area contributed by atoms with Crippen molar-refractivity contribution in [3.63, 3.8) is 0 Å². The van der Waals surface area contributed by atoms with Gasteiger partial charge in [-0.1, -0.05) is 29.8 Å². The maximum Gasteiger partial charge on any atom is 0.309 e. The number of carboxylic acid groups (broad SMARTS) is 1. The van der Waals surface area contributed by atoms with Crippen molar-refractivity contribution in [2.24, 2.45) is 5.41 Å². The molecule has 0 aliphatic carbocycles. The van der Waals surface area contributed by atoms with Crippen LogP contribution >= 0.6 is 15.9 Å². The number of aliphatic carboxylic acids is 1. The van der Waals surface area contributed by atoms with Gasteiger partial charge in [0.1, 0.15) is 0 Å². The third-order valence-electron chi connectivity index (χ3n) is 2.38. The van der Waals surface area contributed by atoms with E-state index in [2.05, 4.69) is 15.9 Å². The van der Waals surface area contributed by atoms with Gasteiger partial charge in [0, 0.05) is 5.33 Å². The van der Waals surface area contributed by atoms with Crippen LogP contribution < -0.4 is 0 Å². The number of alkyl halides is 1. The lowest BCUT2D eigenvalue weighted by Crippen LogP contribution is -2.29. The summed E-state index contributed by atoms with van der Waals surface area (Å²) in [6, 6.07) is 0. The van der Waals surface area contributed by atoms with Crippen molar-refractivity contribution in [1.29, 1.82) is 0 Å². The summed E-state index contributed by atoms with van der Waals surface area (Å²) in [6.45, 7) is 3.86. The Labute approximate surface area is 76.1 Å². The van der Waals surface area contributed by atoms with E-state index < -0.39 is 11.4 Å². The van der Waals surface area contributed by atoms with Crippen molar-refractivity contribution in [3.8, 4) is 0 Å². The van der Waals surface area contributed by atoms with Gasteiger partial charge in [-0.05, 0) is 19.3 Å². The molecule has 0 radical (unpaired) electrons. The molecule has 0 amide bonds. The minimum absolute atomic E-state index is 0.497. The third-order valence-corrected chi connectivity index (χ3v) is 2.78. The Hall–Kier alpha value is -0.0500. The SMILES string of the molecule is CCC(CC)(CCBr)C(=O)O. The molecule has 1 N–H and O–H groups in total. The number of carbonyl (C=O) groups is 1. The summed E-state index contributed by atoms with van der Waals surface area (Å²) in [4.78, 5) is 10.9. The maximum absolute atomic E-state index is 10.9. The lowest BCUT2D eigenvalue weighted by atomic mass is 9.80. The van der Waals surface area contributed by atoms with Crippen LogP contribution in [-0.2, 0) is 4.79 Å². The van der Waals surface area contributed by atoms with E-state index >= 15 is 0 Å². The van der Waals surface area contributed by atoms with Crippen molar-refractivity contribution in [3.05, 3.63) is 0 Å². The second-order valence-corrected chi connectivity index (χ2v) is 3.52. The minimum atomic E-state index is -0.665. The molecule has 0 bridgehead atoms. The fraction of sp³-hybridized carbons (Fsp3) is 0.875.